The number of nitrogens with zero attached hydrogens (tertiary/aromatic N) is 3. The molecule has 0 bridgehead atoms. The Labute approximate surface area is 214 Å². The Kier molecular flexibility index (Phi) is 7.40. The van der Waals surface area contributed by atoms with E-state index in [-0.39, 0.29) is 5.56 Å². The number of aliphatic carboxylic acids is 1. The molecule has 3 aromatic rings. The van der Waals surface area contributed by atoms with E-state index in [0.717, 1.165) is 37.3 Å². The molecular weight excluding hydrogens is 472 g/mol. The molecule has 2 unspecified atom stereocenters. The van der Waals surface area contributed by atoms with Crippen LogP contribution in [0, 0.1) is 17.8 Å². The summed E-state index contributed by atoms with van der Waals surface area (Å²) in [5.74, 6) is 0.987. The van der Waals surface area contributed by atoms with E-state index in [1.807, 2.05) is 42.5 Å². The fraction of sp³-hybridized carbons (Fsp3) is 0.333. The van der Waals surface area contributed by atoms with E-state index in [1.165, 1.54) is 18.0 Å². The van der Waals surface area contributed by atoms with Gasteiger partial charge < -0.3 is 15.3 Å². The zero-order valence-corrected chi connectivity index (χ0v) is 20.2. The van der Waals surface area contributed by atoms with Gasteiger partial charge in [-0.3, -0.25) is 20.1 Å². The van der Waals surface area contributed by atoms with Crippen LogP contribution in [0.15, 0.2) is 67.0 Å². The molecule has 2 aliphatic rings. The monoisotopic (exact) mass is 502 g/mol. The standard InChI is InChI=1S/C27H30N6O4/c34-25(32-37)20-12-30-27(31-13-20)33-15-22-21(23(22)16-33)14-28-10-17-6-8-18(9-7-17)11-29-24(26(35)36)19-4-2-1-3-5-19/h1-9,12-13,21-24,28-29,37H,10-11,14-16H2,(H,32,34)(H,35,36)/t21?,22?,23?,24-/m0/s1. The molecule has 1 aliphatic carbocycles. The van der Waals surface area contributed by atoms with Crippen molar-refractivity contribution in [3.63, 3.8) is 0 Å². The van der Waals surface area contributed by atoms with Crippen molar-refractivity contribution in [2.75, 3.05) is 24.5 Å². The van der Waals surface area contributed by atoms with Crippen LogP contribution in [-0.2, 0) is 17.9 Å². The van der Waals surface area contributed by atoms with Gasteiger partial charge in [0.2, 0.25) is 5.95 Å². The molecule has 1 aliphatic heterocycles. The highest BCUT2D eigenvalue weighted by atomic mass is 16.5. The van der Waals surface area contributed by atoms with E-state index < -0.39 is 17.9 Å². The first-order valence-corrected chi connectivity index (χ1v) is 12.3. The summed E-state index contributed by atoms with van der Waals surface area (Å²) in [6.07, 6.45) is 2.85. The van der Waals surface area contributed by atoms with E-state index in [1.54, 1.807) is 5.48 Å². The number of aromatic nitrogens is 2. The van der Waals surface area contributed by atoms with Gasteiger partial charge in [-0.15, -0.1) is 0 Å². The fourth-order valence-electron chi connectivity index (χ4n) is 5.15. The van der Waals surface area contributed by atoms with Gasteiger partial charge in [0.25, 0.3) is 5.91 Å². The number of carboxylic acid groups (broad SMARTS) is 1. The lowest BCUT2D eigenvalue weighted by atomic mass is 10.1. The molecule has 10 heteroatoms. The van der Waals surface area contributed by atoms with Crippen molar-refractivity contribution in [3.05, 3.63) is 89.2 Å². The van der Waals surface area contributed by atoms with Crippen LogP contribution in [0.2, 0.25) is 0 Å². The molecule has 5 N–H and O–H groups in total. The summed E-state index contributed by atoms with van der Waals surface area (Å²) in [7, 11) is 0. The number of rotatable bonds is 11. The predicted octanol–water partition coefficient (Wildman–Crippen LogP) is 1.98. The van der Waals surface area contributed by atoms with Gasteiger partial charge in [0, 0.05) is 38.6 Å². The SMILES string of the molecule is O=C(NO)c1cnc(N2CC3C(CNCc4ccc(CN[C@H](C(=O)O)c5ccccc5)cc4)C3C2)nc1. The normalized spacial score (nSPS) is 20.8. The molecule has 10 nitrogen and oxygen atoms in total. The molecule has 1 aromatic heterocycles. The molecule has 37 heavy (non-hydrogen) atoms. The molecule has 192 valence electrons. The Hall–Kier alpha value is -3.86. The second-order valence-electron chi connectivity index (χ2n) is 9.62. The van der Waals surface area contributed by atoms with Crippen LogP contribution in [-0.4, -0.2) is 51.8 Å². The van der Waals surface area contributed by atoms with Crippen LogP contribution in [0.3, 0.4) is 0 Å². The predicted molar refractivity (Wildman–Crippen MR) is 136 cm³/mol. The van der Waals surface area contributed by atoms with Crippen molar-refractivity contribution in [2.45, 2.75) is 19.1 Å². The molecule has 1 saturated heterocycles. The van der Waals surface area contributed by atoms with Gasteiger partial charge in [-0.1, -0.05) is 54.6 Å². The van der Waals surface area contributed by atoms with Gasteiger partial charge in [0.1, 0.15) is 6.04 Å². The highest BCUT2D eigenvalue weighted by Gasteiger charge is 2.55. The van der Waals surface area contributed by atoms with Gasteiger partial charge >= 0.3 is 5.97 Å². The van der Waals surface area contributed by atoms with Crippen LogP contribution < -0.4 is 21.0 Å². The minimum atomic E-state index is -0.891. The van der Waals surface area contributed by atoms with E-state index in [9.17, 15) is 14.7 Å². The first-order valence-electron chi connectivity index (χ1n) is 12.3. The molecule has 2 heterocycles. The quantitative estimate of drug-likeness (QED) is 0.197. The van der Waals surface area contributed by atoms with Crippen molar-refractivity contribution in [2.24, 2.45) is 17.8 Å². The zero-order chi connectivity index (χ0) is 25.8. The largest absolute Gasteiger partial charge is 0.480 e. The maximum atomic E-state index is 11.7. The summed E-state index contributed by atoms with van der Waals surface area (Å²) in [5.41, 5.74) is 4.77. The second kappa shape index (κ2) is 11.0. The summed E-state index contributed by atoms with van der Waals surface area (Å²) in [5, 5.41) is 25.0. The Morgan fingerprint density at radius 1 is 0.946 bits per heavy atom. The molecule has 3 atom stereocenters. The van der Waals surface area contributed by atoms with Crippen LogP contribution in [0.4, 0.5) is 5.95 Å². The Bertz CT molecular complexity index is 1210. The van der Waals surface area contributed by atoms with Gasteiger partial charge in [0.15, 0.2) is 0 Å². The summed E-state index contributed by atoms with van der Waals surface area (Å²) >= 11 is 0. The van der Waals surface area contributed by atoms with Crippen LogP contribution in [0.1, 0.15) is 33.1 Å². The van der Waals surface area contributed by atoms with Gasteiger partial charge in [-0.2, -0.15) is 0 Å². The molecule has 0 spiro atoms. The first-order chi connectivity index (χ1) is 18.0. The number of benzene rings is 2. The lowest BCUT2D eigenvalue weighted by Crippen LogP contribution is -2.29. The van der Waals surface area contributed by atoms with Crippen molar-refractivity contribution in [1.82, 2.24) is 26.1 Å². The first kappa shape index (κ1) is 24.8. The van der Waals surface area contributed by atoms with Crippen molar-refractivity contribution in [1.29, 1.82) is 0 Å². The fourth-order valence-corrected chi connectivity index (χ4v) is 5.15. The lowest BCUT2D eigenvalue weighted by molar-refractivity contribution is -0.139. The average molecular weight is 503 g/mol. The topological polar surface area (TPSA) is 140 Å². The number of piperidine rings is 1. The maximum Gasteiger partial charge on any atom is 0.325 e. The van der Waals surface area contributed by atoms with E-state index in [2.05, 4.69) is 37.6 Å². The molecular formula is C27H30N6O4. The Balaban J connectivity index is 1.03. The minimum Gasteiger partial charge on any atom is -0.480 e. The number of anilines is 1. The number of amides is 1. The maximum absolute atomic E-state index is 11.7. The number of carboxylic acids is 1. The third kappa shape index (κ3) is 5.77. The van der Waals surface area contributed by atoms with Gasteiger partial charge in [-0.25, -0.2) is 15.4 Å². The summed E-state index contributed by atoms with van der Waals surface area (Å²) in [6.45, 7) is 4.03. The number of hydroxylamine groups is 1. The van der Waals surface area contributed by atoms with Crippen molar-refractivity contribution in [3.8, 4) is 0 Å². The Morgan fingerprint density at radius 2 is 1.57 bits per heavy atom. The number of nitrogens with one attached hydrogen (secondary N) is 3. The van der Waals surface area contributed by atoms with Crippen LogP contribution in [0.5, 0.6) is 0 Å². The number of fused-ring (bicyclic) bond motifs is 1. The third-order valence-corrected chi connectivity index (χ3v) is 7.28. The summed E-state index contributed by atoms with van der Waals surface area (Å²) < 4.78 is 0. The van der Waals surface area contributed by atoms with Crippen molar-refractivity contribution >= 4 is 17.8 Å². The molecule has 2 aromatic carbocycles. The van der Waals surface area contributed by atoms with E-state index in [0.29, 0.717) is 30.2 Å². The molecule has 1 amide bonds. The minimum absolute atomic E-state index is 0.221. The molecule has 5 rings (SSSR count). The highest BCUT2D eigenvalue weighted by Crippen LogP contribution is 2.51. The van der Waals surface area contributed by atoms with E-state index in [4.69, 9.17) is 5.21 Å². The third-order valence-electron chi connectivity index (χ3n) is 7.28. The number of carbonyl (C=O) groups excluding carboxylic acids is 1. The number of hydrogen-bond donors (Lipinski definition) is 5. The van der Waals surface area contributed by atoms with Gasteiger partial charge in [-0.05, 0) is 41.0 Å². The zero-order valence-electron chi connectivity index (χ0n) is 20.2. The highest BCUT2D eigenvalue weighted by molar-refractivity contribution is 5.92. The summed E-state index contributed by atoms with van der Waals surface area (Å²) in [4.78, 5) is 33.7. The second-order valence-corrected chi connectivity index (χ2v) is 9.62. The molecule has 1 saturated carbocycles. The Morgan fingerprint density at radius 3 is 2.16 bits per heavy atom. The van der Waals surface area contributed by atoms with Gasteiger partial charge in [0.05, 0.1) is 5.56 Å². The van der Waals surface area contributed by atoms with Crippen molar-refractivity contribution < 1.29 is 19.9 Å². The van der Waals surface area contributed by atoms with E-state index >= 15 is 0 Å². The van der Waals surface area contributed by atoms with Crippen LogP contribution in [0.25, 0.3) is 0 Å². The lowest BCUT2D eigenvalue weighted by Gasteiger charge is -2.19. The smallest absolute Gasteiger partial charge is 0.325 e. The molecule has 2 fully saturated rings. The number of carbonyl (C=O) groups is 2. The average Bonchev–Trinajstić information content (AvgIpc) is 3.37. The summed E-state index contributed by atoms with van der Waals surface area (Å²) in [6, 6.07) is 16.7. The van der Waals surface area contributed by atoms with Crippen LogP contribution >= 0.6 is 0 Å². The number of hydrogen-bond acceptors (Lipinski definition) is 8. The molecule has 0 radical (unpaired) electrons.